The van der Waals surface area contributed by atoms with E-state index in [1.165, 1.54) is 0 Å². The average Bonchev–Trinajstić information content (AvgIpc) is 3.46. The molecule has 0 saturated heterocycles. The Kier molecular flexibility index (Phi) is 7.84. The number of anilines is 2. The summed E-state index contributed by atoms with van der Waals surface area (Å²) in [5.41, 5.74) is 5.87. The van der Waals surface area contributed by atoms with Crippen molar-refractivity contribution in [2.75, 3.05) is 24.0 Å². The van der Waals surface area contributed by atoms with Gasteiger partial charge >= 0.3 is 0 Å². The van der Waals surface area contributed by atoms with Gasteiger partial charge < -0.3 is 23.7 Å². The molecule has 5 rings (SSSR count). The van der Waals surface area contributed by atoms with Crippen LogP contribution in [0.1, 0.15) is 48.6 Å². The summed E-state index contributed by atoms with van der Waals surface area (Å²) < 4.78 is 17.1. The minimum absolute atomic E-state index is 0.0135. The molecule has 0 spiro atoms. The fourth-order valence-electron chi connectivity index (χ4n) is 4.99. The van der Waals surface area contributed by atoms with Crippen molar-refractivity contribution >= 4 is 28.9 Å². The number of carbonyl (C=O) groups is 1. The molecule has 1 amide bonds. The molecule has 2 atom stereocenters. The maximum atomic E-state index is 13.8. The molecule has 2 heterocycles. The molecule has 1 aliphatic heterocycles. The van der Waals surface area contributed by atoms with Crippen molar-refractivity contribution in [1.82, 2.24) is 0 Å². The van der Waals surface area contributed by atoms with Crippen LogP contribution in [-0.2, 0) is 17.8 Å². The predicted molar refractivity (Wildman–Crippen MR) is 155 cm³/mol. The Labute approximate surface area is 234 Å². The van der Waals surface area contributed by atoms with Crippen LogP contribution in [0.15, 0.2) is 83.7 Å². The number of carbonyl (C=O) groups excluding carboxylic acids is 1. The van der Waals surface area contributed by atoms with Gasteiger partial charge in [-0.1, -0.05) is 30.7 Å². The maximum Gasteiger partial charge on any atom is 0.232 e. The summed E-state index contributed by atoms with van der Waals surface area (Å²) in [6.45, 7) is 4.85. The normalized spacial score (nSPS) is 15.6. The molecule has 0 N–H and O–H groups in total. The highest BCUT2D eigenvalue weighted by Crippen LogP contribution is 2.44. The number of hydrogen-bond acceptors (Lipinski definition) is 5. The van der Waals surface area contributed by atoms with Crippen LogP contribution in [0.3, 0.4) is 0 Å². The molecule has 0 saturated carbocycles. The zero-order valence-electron chi connectivity index (χ0n) is 22.7. The Morgan fingerprint density at radius 2 is 1.82 bits per heavy atom. The first-order chi connectivity index (χ1) is 18.9. The minimum atomic E-state index is -0.349. The monoisotopic (exact) mass is 544 g/mol. The van der Waals surface area contributed by atoms with Crippen LogP contribution in [0.4, 0.5) is 11.4 Å². The van der Waals surface area contributed by atoms with Gasteiger partial charge in [-0.2, -0.15) is 0 Å². The number of amides is 1. The molecule has 7 heteroatoms. The lowest BCUT2D eigenvalue weighted by atomic mass is 9.86. The molecule has 1 aromatic heterocycles. The van der Waals surface area contributed by atoms with E-state index in [1.807, 2.05) is 85.6 Å². The Morgan fingerprint density at radius 1 is 1.08 bits per heavy atom. The first-order valence-electron chi connectivity index (χ1n) is 13.1. The smallest absolute Gasteiger partial charge is 0.232 e. The zero-order valence-corrected chi connectivity index (χ0v) is 23.4. The standard InChI is InChI=1S/C32H33ClN2O4/c1-5-21(2)39-30-18-28-24(16-29(30)37-4)17-31(36)35(32(28)23-6-8-25(33)9-7-23)27-12-10-26(11-13-27)34(3)19-22-14-15-38-20-22/h6-16,18,20-21,32H,5,17,19H2,1-4H3. The van der Waals surface area contributed by atoms with Gasteiger partial charge in [-0.05, 0) is 84.6 Å². The Morgan fingerprint density at radius 3 is 2.46 bits per heavy atom. The highest BCUT2D eigenvalue weighted by molar-refractivity contribution is 6.30. The van der Waals surface area contributed by atoms with Gasteiger partial charge in [0.25, 0.3) is 0 Å². The summed E-state index contributed by atoms with van der Waals surface area (Å²) in [6.07, 6.45) is 4.59. The number of fused-ring (bicyclic) bond motifs is 1. The number of nitrogens with zero attached hydrogens (tertiary/aromatic N) is 2. The fraction of sp³-hybridized carbons (Fsp3) is 0.281. The number of methoxy groups -OCH3 is 1. The number of hydrogen-bond donors (Lipinski definition) is 0. The highest BCUT2D eigenvalue weighted by atomic mass is 35.5. The minimum Gasteiger partial charge on any atom is -0.493 e. The van der Waals surface area contributed by atoms with Gasteiger partial charge in [-0.25, -0.2) is 0 Å². The third-order valence-electron chi connectivity index (χ3n) is 7.25. The van der Waals surface area contributed by atoms with E-state index in [9.17, 15) is 4.79 Å². The Balaban J connectivity index is 1.56. The lowest BCUT2D eigenvalue weighted by Gasteiger charge is -2.38. The SMILES string of the molecule is CCC(C)Oc1cc2c(cc1OC)CC(=O)N(c1ccc(N(C)Cc3ccoc3)cc1)C2c1ccc(Cl)cc1. The van der Waals surface area contributed by atoms with Crippen LogP contribution in [-0.4, -0.2) is 26.2 Å². The second kappa shape index (κ2) is 11.5. The van der Waals surface area contributed by atoms with Gasteiger partial charge in [0.15, 0.2) is 11.5 Å². The quantitative estimate of drug-likeness (QED) is 0.219. The maximum absolute atomic E-state index is 13.8. The van der Waals surface area contributed by atoms with Crippen molar-refractivity contribution in [2.45, 2.75) is 45.4 Å². The van der Waals surface area contributed by atoms with Gasteiger partial charge in [0, 0.05) is 35.6 Å². The van der Waals surface area contributed by atoms with E-state index in [1.54, 1.807) is 19.6 Å². The summed E-state index contributed by atoms with van der Waals surface area (Å²) in [7, 11) is 3.66. The van der Waals surface area contributed by atoms with Crippen molar-refractivity contribution in [3.05, 3.63) is 107 Å². The lowest BCUT2D eigenvalue weighted by Crippen LogP contribution is -2.41. The molecular formula is C32H33ClN2O4. The fourth-order valence-corrected chi connectivity index (χ4v) is 5.12. The third-order valence-corrected chi connectivity index (χ3v) is 7.50. The molecule has 0 fully saturated rings. The first kappa shape index (κ1) is 26.7. The first-order valence-corrected chi connectivity index (χ1v) is 13.5. The van der Waals surface area contributed by atoms with Crippen LogP contribution in [0.5, 0.6) is 11.5 Å². The van der Waals surface area contributed by atoms with Gasteiger partial charge in [0.05, 0.1) is 38.2 Å². The van der Waals surface area contributed by atoms with Gasteiger partial charge in [-0.3, -0.25) is 4.79 Å². The Bertz CT molecular complexity index is 1420. The van der Waals surface area contributed by atoms with E-state index < -0.39 is 0 Å². The topological polar surface area (TPSA) is 55.2 Å². The molecule has 6 nitrogen and oxygen atoms in total. The molecule has 2 unspecified atom stereocenters. The lowest BCUT2D eigenvalue weighted by molar-refractivity contribution is -0.118. The summed E-state index contributed by atoms with van der Waals surface area (Å²) >= 11 is 6.24. The van der Waals surface area contributed by atoms with Crippen molar-refractivity contribution in [1.29, 1.82) is 0 Å². The van der Waals surface area contributed by atoms with Crippen LogP contribution < -0.4 is 19.3 Å². The predicted octanol–water partition coefficient (Wildman–Crippen LogP) is 7.43. The average molecular weight is 545 g/mol. The summed E-state index contributed by atoms with van der Waals surface area (Å²) in [5, 5.41) is 0.646. The zero-order chi connectivity index (χ0) is 27.5. The number of benzene rings is 3. The van der Waals surface area contributed by atoms with Crippen molar-refractivity contribution in [3.63, 3.8) is 0 Å². The van der Waals surface area contributed by atoms with E-state index in [0.29, 0.717) is 16.5 Å². The van der Waals surface area contributed by atoms with E-state index in [4.69, 9.17) is 25.5 Å². The van der Waals surface area contributed by atoms with E-state index in [0.717, 1.165) is 46.6 Å². The highest BCUT2D eigenvalue weighted by Gasteiger charge is 2.36. The Hall–Kier alpha value is -3.90. The molecule has 39 heavy (non-hydrogen) atoms. The van der Waals surface area contributed by atoms with Crippen LogP contribution in [0.2, 0.25) is 5.02 Å². The van der Waals surface area contributed by atoms with Crippen LogP contribution in [0.25, 0.3) is 0 Å². The molecule has 4 aromatic rings. The second-order valence-corrected chi connectivity index (χ2v) is 10.4. The molecule has 0 bridgehead atoms. The number of rotatable bonds is 9. The third kappa shape index (κ3) is 5.62. The largest absolute Gasteiger partial charge is 0.493 e. The molecule has 202 valence electrons. The number of halogens is 1. The summed E-state index contributed by atoms with van der Waals surface area (Å²) in [5.74, 6) is 1.32. The second-order valence-electron chi connectivity index (χ2n) is 9.94. The summed E-state index contributed by atoms with van der Waals surface area (Å²) in [6, 6.07) is 21.4. The van der Waals surface area contributed by atoms with E-state index in [-0.39, 0.29) is 24.5 Å². The van der Waals surface area contributed by atoms with E-state index >= 15 is 0 Å². The van der Waals surface area contributed by atoms with Gasteiger partial charge in [0.1, 0.15) is 0 Å². The number of ether oxygens (including phenoxy) is 2. The molecule has 0 radical (unpaired) electrons. The molecule has 0 aliphatic carbocycles. The summed E-state index contributed by atoms with van der Waals surface area (Å²) in [4.78, 5) is 17.8. The van der Waals surface area contributed by atoms with Gasteiger partial charge in [0.2, 0.25) is 5.91 Å². The number of furan rings is 1. The molecular weight excluding hydrogens is 512 g/mol. The molecule has 3 aromatic carbocycles. The van der Waals surface area contributed by atoms with Gasteiger partial charge in [-0.15, -0.1) is 0 Å². The van der Waals surface area contributed by atoms with Crippen molar-refractivity contribution < 1.29 is 18.7 Å². The molecule has 1 aliphatic rings. The van der Waals surface area contributed by atoms with Crippen LogP contribution in [0, 0.1) is 0 Å². The van der Waals surface area contributed by atoms with Crippen molar-refractivity contribution in [2.24, 2.45) is 0 Å². The van der Waals surface area contributed by atoms with Crippen molar-refractivity contribution in [3.8, 4) is 11.5 Å². The van der Waals surface area contributed by atoms with Crippen LogP contribution >= 0.6 is 11.6 Å². The van der Waals surface area contributed by atoms with E-state index in [2.05, 4.69) is 11.8 Å².